The third-order valence-corrected chi connectivity index (χ3v) is 6.09. The van der Waals surface area contributed by atoms with Gasteiger partial charge in [-0.2, -0.15) is 5.26 Å². The Hall–Kier alpha value is -3.56. The lowest BCUT2D eigenvalue weighted by Crippen LogP contribution is -2.22. The van der Waals surface area contributed by atoms with Gasteiger partial charge in [-0.3, -0.25) is 4.98 Å². The molecule has 0 bridgehead atoms. The van der Waals surface area contributed by atoms with Crippen LogP contribution in [0, 0.1) is 18.3 Å². The van der Waals surface area contributed by atoms with E-state index in [1.165, 1.54) is 31.5 Å². The molecule has 0 spiro atoms. The summed E-state index contributed by atoms with van der Waals surface area (Å²) in [6.07, 6.45) is 7.24. The molecule has 1 fully saturated rings. The monoisotopic (exact) mass is 426 g/mol. The minimum atomic E-state index is 0.494. The first-order valence-electron chi connectivity index (χ1n) is 11.1. The molecule has 2 aromatic heterocycles. The Balaban J connectivity index is 1.37. The normalized spacial score (nSPS) is 14.1. The molecule has 0 saturated carbocycles. The maximum atomic E-state index is 9.71. The van der Waals surface area contributed by atoms with Crippen molar-refractivity contribution in [3.63, 3.8) is 0 Å². The van der Waals surface area contributed by atoms with E-state index in [1.807, 2.05) is 42.6 Å². The van der Waals surface area contributed by atoms with Gasteiger partial charge >= 0.3 is 0 Å². The van der Waals surface area contributed by atoms with Crippen molar-refractivity contribution in [2.45, 2.75) is 26.2 Å². The van der Waals surface area contributed by atoms with E-state index in [-0.39, 0.29) is 0 Å². The van der Waals surface area contributed by atoms with Gasteiger partial charge in [-0.05, 0) is 75.2 Å². The van der Waals surface area contributed by atoms with Crippen molar-refractivity contribution in [2.24, 2.45) is 0 Å². The van der Waals surface area contributed by atoms with Gasteiger partial charge in [-0.25, -0.2) is 0 Å². The lowest BCUT2D eigenvalue weighted by molar-refractivity contribution is 0.263. The second-order valence-corrected chi connectivity index (χ2v) is 8.32. The predicted molar refractivity (Wildman–Crippen MR) is 125 cm³/mol. The van der Waals surface area contributed by atoms with E-state index in [9.17, 15) is 5.26 Å². The number of H-pyrrole nitrogens is 1. The maximum Gasteiger partial charge on any atom is 0.139 e. The molecule has 1 N–H and O–H groups in total. The first-order chi connectivity index (χ1) is 15.7. The molecule has 1 saturated heterocycles. The van der Waals surface area contributed by atoms with Crippen molar-refractivity contribution in [3.8, 4) is 23.3 Å². The highest BCUT2D eigenvalue weighted by Crippen LogP contribution is 2.34. The molecule has 162 valence electrons. The number of aromatic amines is 1. The van der Waals surface area contributed by atoms with E-state index in [0.29, 0.717) is 23.7 Å². The first-order valence-corrected chi connectivity index (χ1v) is 11.1. The van der Waals surface area contributed by atoms with Gasteiger partial charge in [0.15, 0.2) is 0 Å². The number of nitrogens with zero attached hydrogens (tertiary/aromatic N) is 3. The Morgan fingerprint density at radius 2 is 1.97 bits per heavy atom. The summed E-state index contributed by atoms with van der Waals surface area (Å²) in [7, 11) is 0. The van der Waals surface area contributed by atoms with Gasteiger partial charge in [0.25, 0.3) is 0 Å². The molecule has 2 aromatic carbocycles. The van der Waals surface area contributed by atoms with E-state index in [2.05, 4.69) is 27.9 Å². The Morgan fingerprint density at radius 1 is 1.09 bits per heavy atom. The van der Waals surface area contributed by atoms with E-state index in [0.717, 1.165) is 40.5 Å². The fourth-order valence-electron chi connectivity index (χ4n) is 4.35. The van der Waals surface area contributed by atoms with Crippen molar-refractivity contribution in [1.29, 1.82) is 5.26 Å². The van der Waals surface area contributed by atoms with Gasteiger partial charge in [0.1, 0.15) is 23.3 Å². The van der Waals surface area contributed by atoms with E-state index < -0.39 is 0 Å². The van der Waals surface area contributed by atoms with E-state index in [4.69, 9.17) is 9.47 Å². The molecule has 0 unspecified atom stereocenters. The van der Waals surface area contributed by atoms with Crippen LogP contribution in [0.4, 0.5) is 0 Å². The number of rotatable bonds is 7. The molecule has 6 nitrogen and oxygen atoms in total. The summed E-state index contributed by atoms with van der Waals surface area (Å²) in [6.45, 7) is 6.06. The molecule has 1 aliphatic rings. The zero-order valence-electron chi connectivity index (χ0n) is 18.2. The highest BCUT2D eigenvalue weighted by molar-refractivity contribution is 5.89. The lowest BCUT2D eigenvalue weighted by atomic mass is 10.1. The predicted octanol–water partition coefficient (Wildman–Crippen LogP) is 5.55. The number of ether oxygens (including phenoxy) is 2. The first kappa shape index (κ1) is 20.3. The van der Waals surface area contributed by atoms with Gasteiger partial charge in [0.05, 0.1) is 17.7 Å². The van der Waals surface area contributed by atoms with Crippen LogP contribution in [0.2, 0.25) is 0 Å². The number of aromatic nitrogens is 2. The minimum absolute atomic E-state index is 0.494. The van der Waals surface area contributed by atoms with Gasteiger partial charge in [0.2, 0.25) is 0 Å². The number of fused-ring (bicyclic) bond motifs is 2. The third kappa shape index (κ3) is 4.12. The highest BCUT2D eigenvalue weighted by Gasteiger charge is 2.13. The van der Waals surface area contributed by atoms with Crippen LogP contribution in [-0.2, 0) is 0 Å². The zero-order valence-corrected chi connectivity index (χ0v) is 18.2. The molecule has 0 aliphatic carbocycles. The van der Waals surface area contributed by atoms with Crippen molar-refractivity contribution in [3.05, 3.63) is 59.9 Å². The molecular weight excluding hydrogens is 400 g/mol. The summed E-state index contributed by atoms with van der Waals surface area (Å²) >= 11 is 0. The lowest BCUT2D eigenvalue weighted by Gasteiger charge is -2.15. The van der Waals surface area contributed by atoms with Gasteiger partial charge in [0, 0.05) is 41.3 Å². The molecule has 0 radical (unpaired) electrons. The number of aryl methyl sites for hydroxylation is 1. The van der Waals surface area contributed by atoms with Crippen LogP contribution in [0.5, 0.6) is 17.2 Å². The quantitative estimate of drug-likeness (QED) is 0.392. The Morgan fingerprint density at radius 3 is 2.81 bits per heavy atom. The van der Waals surface area contributed by atoms with Gasteiger partial charge in [-0.1, -0.05) is 0 Å². The number of hydrogen-bond donors (Lipinski definition) is 1. The summed E-state index contributed by atoms with van der Waals surface area (Å²) in [4.78, 5) is 10.2. The number of nitriles is 1. The summed E-state index contributed by atoms with van der Waals surface area (Å²) < 4.78 is 12.2. The fraction of sp³-hybridized carbons (Fsp3) is 0.308. The number of hydrogen-bond acceptors (Lipinski definition) is 5. The van der Waals surface area contributed by atoms with Gasteiger partial charge in [-0.15, -0.1) is 0 Å². The molecule has 0 atom stereocenters. The van der Waals surface area contributed by atoms with E-state index >= 15 is 0 Å². The average molecular weight is 427 g/mol. The molecule has 4 aromatic rings. The largest absolute Gasteiger partial charge is 0.492 e. The Bertz CT molecular complexity index is 1300. The molecule has 32 heavy (non-hydrogen) atoms. The summed E-state index contributed by atoms with van der Waals surface area (Å²) in [5.74, 6) is 1.99. The van der Waals surface area contributed by atoms with Crippen LogP contribution >= 0.6 is 0 Å². The molecule has 3 heterocycles. The van der Waals surface area contributed by atoms with Crippen LogP contribution in [-0.4, -0.2) is 41.1 Å². The van der Waals surface area contributed by atoms with Crippen molar-refractivity contribution >= 4 is 21.8 Å². The average Bonchev–Trinajstić information content (AvgIpc) is 3.46. The summed E-state index contributed by atoms with van der Waals surface area (Å²) in [5, 5.41) is 11.6. The molecule has 6 heteroatoms. The summed E-state index contributed by atoms with van der Waals surface area (Å²) in [5.41, 5.74) is 3.49. The maximum absolute atomic E-state index is 9.71. The van der Waals surface area contributed by atoms with Crippen molar-refractivity contribution < 1.29 is 9.47 Å². The van der Waals surface area contributed by atoms with Crippen LogP contribution in [0.25, 0.3) is 21.8 Å². The fourth-order valence-corrected chi connectivity index (χ4v) is 4.35. The molecule has 5 rings (SSSR count). The van der Waals surface area contributed by atoms with Gasteiger partial charge < -0.3 is 19.4 Å². The van der Waals surface area contributed by atoms with Crippen molar-refractivity contribution in [2.75, 3.05) is 26.2 Å². The summed E-state index contributed by atoms with van der Waals surface area (Å²) in [6, 6.07) is 13.7. The SMILES string of the molecule is Cc1c[nH]c2ccc(Oc3ccnc4cc(OCCCN5CCCC5)c(C#N)cc34)cc12. The number of nitrogens with one attached hydrogen (secondary N) is 1. The van der Waals surface area contributed by atoms with Crippen LogP contribution in [0.1, 0.15) is 30.4 Å². The van der Waals surface area contributed by atoms with Crippen LogP contribution in [0.15, 0.2) is 48.8 Å². The van der Waals surface area contributed by atoms with E-state index in [1.54, 1.807) is 6.20 Å². The molecular formula is C26H26N4O2. The number of pyridine rings is 1. The smallest absolute Gasteiger partial charge is 0.139 e. The van der Waals surface area contributed by atoms with Crippen LogP contribution in [0.3, 0.4) is 0 Å². The standard InChI is InChI=1S/C26H26N4O2/c1-18-17-29-23-6-5-20(14-21(18)23)32-25-7-8-28-24-15-26(19(16-27)13-22(24)25)31-12-4-11-30-9-2-3-10-30/h5-8,13-15,17,29H,2-4,9-12H2,1H3. The third-order valence-electron chi connectivity index (χ3n) is 6.09. The highest BCUT2D eigenvalue weighted by atomic mass is 16.5. The molecule has 0 amide bonds. The molecule has 1 aliphatic heterocycles. The van der Waals surface area contributed by atoms with Crippen molar-refractivity contribution in [1.82, 2.24) is 14.9 Å². The Kier molecular flexibility index (Phi) is 5.66. The zero-order chi connectivity index (χ0) is 21.9. The van der Waals surface area contributed by atoms with Crippen LogP contribution < -0.4 is 9.47 Å². The topological polar surface area (TPSA) is 74.2 Å². The number of likely N-dealkylation sites (tertiary alicyclic amines) is 1. The number of benzene rings is 2. The minimum Gasteiger partial charge on any atom is -0.492 e. The second kappa shape index (κ2) is 8.89. The second-order valence-electron chi connectivity index (χ2n) is 8.32. The Labute approximate surface area is 187 Å².